The summed E-state index contributed by atoms with van der Waals surface area (Å²) in [5, 5.41) is 3.83. The number of rotatable bonds is 1. The molecule has 0 aliphatic carbocycles. The molecule has 0 spiro atoms. The Morgan fingerprint density at radius 2 is 1.84 bits per heavy atom. The third-order valence-corrected chi connectivity index (χ3v) is 5.97. The van der Waals surface area contributed by atoms with Crippen LogP contribution in [0.5, 0.6) is 0 Å². The number of nitrogens with one attached hydrogen (secondary N) is 1. The zero-order valence-electron chi connectivity index (χ0n) is 17.5. The maximum absolute atomic E-state index is 14.6. The highest BCUT2D eigenvalue weighted by molar-refractivity contribution is 6.31. The van der Waals surface area contributed by atoms with Gasteiger partial charge in [0.05, 0.1) is 29.8 Å². The van der Waals surface area contributed by atoms with E-state index in [0.29, 0.717) is 35.0 Å². The third-order valence-electron chi connectivity index (χ3n) is 5.74. The fraction of sp³-hybridized carbons (Fsp3) is 0.273. The van der Waals surface area contributed by atoms with Crippen LogP contribution in [0.25, 0.3) is 0 Å². The zero-order valence-corrected chi connectivity index (χ0v) is 19.0. The molecular weight excluding hydrogens is 454 g/mol. The second kappa shape index (κ2) is 9.07. The standard InChI is InChI=1S/C22H22ClFN6O.ClH/c1-27-8-10-28(11-9-27)22(31)29-14-16-13-25-21(17-4-2-3-5-19(17)24)18-12-15(23)6-7-20(18)30(16)26-29;/h2-7,12,14,26H,8-11,13H2,1H3;1H. The molecule has 1 fully saturated rings. The topological polar surface area (TPSA) is 54.4 Å². The Morgan fingerprint density at radius 1 is 1.09 bits per heavy atom. The SMILES string of the molecule is CN1CCN(C(=O)N2C=C3CN=C(c4ccccc4F)c4cc(Cl)ccc4N3N2)CC1.Cl. The van der Waals surface area contributed by atoms with E-state index in [-0.39, 0.29) is 30.8 Å². The van der Waals surface area contributed by atoms with Crippen LogP contribution in [0.2, 0.25) is 5.02 Å². The van der Waals surface area contributed by atoms with Crippen molar-refractivity contribution in [1.82, 2.24) is 20.3 Å². The van der Waals surface area contributed by atoms with Crippen LogP contribution in [0.3, 0.4) is 0 Å². The highest BCUT2D eigenvalue weighted by Crippen LogP contribution is 2.33. The average Bonchev–Trinajstić information content (AvgIpc) is 3.13. The number of nitrogens with zero attached hydrogens (tertiary/aromatic N) is 5. The molecule has 0 aromatic heterocycles. The summed E-state index contributed by atoms with van der Waals surface area (Å²) in [6.07, 6.45) is 1.76. The molecule has 0 radical (unpaired) electrons. The van der Waals surface area contributed by atoms with E-state index in [9.17, 15) is 9.18 Å². The van der Waals surface area contributed by atoms with Gasteiger partial charge in [-0.15, -0.1) is 17.9 Å². The number of amides is 2. The Hall–Kier alpha value is -2.65. The van der Waals surface area contributed by atoms with E-state index in [4.69, 9.17) is 16.6 Å². The molecule has 1 saturated heterocycles. The number of piperazine rings is 1. The van der Waals surface area contributed by atoms with Gasteiger partial charge in [0.25, 0.3) is 0 Å². The second-order valence-electron chi connectivity index (χ2n) is 7.80. The number of hydrogen-bond acceptors (Lipinski definition) is 5. The lowest BCUT2D eigenvalue weighted by Crippen LogP contribution is -2.54. The molecule has 10 heteroatoms. The fourth-order valence-corrected chi connectivity index (χ4v) is 4.17. The smallest absolute Gasteiger partial charge is 0.321 e. The van der Waals surface area contributed by atoms with Crippen molar-refractivity contribution in [3.05, 3.63) is 76.3 Å². The van der Waals surface area contributed by atoms with Crippen LogP contribution in [-0.2, 0) is 0 Å². The van der Waals surface area contributed by atoms with Gasteiger partial charge in [0.1, 0.15) is 5.82 Å². The van der Waals surface area contributed by atoms with E-state index >= 15 is 0 Å². The first-order valence-corrected chi connectivity index (χ1v) is 10.5. The lowest BCUT2D eigenvalue weighted by molar-refractivity contribution is 0.125. The molecule has 5 rings (SSSR count). The first-order valence-electron chi connectivity index (χ1n) is 10.1. The van der Waals surface area contributed by atoms with Crippen molar-refractivity contribution >= 4 is 41.4 Å². The highest BCUT2D eigenvalue weighted by atomic mass is 35.5. The zero-order chi connectivity index (χ0) is 21.5. The summed E-state index contributed by atoms with van der Waals surface area (Å²) >= 11 is 6.28. The molecule has 3 heterocycles. The van der Waals surface area contributed by atoms with Gasteiger partial charge in [-0.3, -0.25) is 10.0 Å². The van der Waals surface area contributed by atoms with Crippen molar-refractivity contribution in [1.29, 1.82) is 0 Å². The lowest BCUT2D eigenvalue weighted by atomic mass is 10.00. The Morgan fingerprint density at radius 3 is 2.59 bits per heavy atom. The van der Waals surface area contributed by atoms with Gasteiger partial charge < -0.3 is 9.80 Å². The van der Waals surface area contributed by atoms with Gasteiger partial charge in [0.2, 0.25) is 0 Å². The first-order chi connectivity index (χ1) is 15.0. The molecule has 3 aliphatic rings. The van der Waals surface area contributed by atoms with E-state index in [0.717, 1.165) is 24.5 Å². The molecule has 2 aromatic rings. The summed E-state index contributed by atoms with van der Waals surface area (Å²) in [5.41, 5.74) is 6.35. The van der Waals surface area contributed by atoms with Gasteiger partial charge in [-0.25, -0.2) is 14.2 Å². The summed E-state index contributed by atoms with van der Waals surface area (Å²) in [7, 11) is 2.05. The fourth-order valence-electron chi connectivity index (χ4n) is 4.00. The molecule has 0 unspecified atom stereocenters. The van der Waals surface area contributed by atoms with Gasteiger partial charge in [0, 0.05) is 42.3 Å². The normalized spacial score (nSPS) is 18.3. The van der Waals surface area contributed by atoms with Crippen LogP contribution in [0.15, 0.2) is 59.4 Å². The van der Waals surface area contributed by atoms with Crippen LogP contribution in [-0.4, -0.2) is 66.3 Å². The van der Waals surface area contributed by atoms with Crippen LogP contribution in [0.4, 0.5) is 14.9 Å². The van der Waals surface area contributed by atoms with Crippen molar-refractivity contribution < 1.29 is 9.18 Å². The molecule has 0 bridgehead atoms. The number of carbonyl (C=O) groups excluding carboxylic acids is 1. The molecule has 7 nitrogen and oxygen atoms in total. The van der Waals surface area contributed by atoms with Crippen LogP contribution >= 0.6 is 24.0 Å². The van der Waals surface area contributed by atoms with Gasteiger partial charge >= 0.3 is 6.03 Å². The Bertz CT molecular complexity index is 1100. The molecule has 0 saturated carbocycles. The molecule has 2 amide bonds. The van der Waals surface area contributed by atoms with Gasteiger partial charge in [-0.1, -0.05) is 23.7 Å². The molecule has 32 heavy (non-hydrogen) atoms. The summed E-state index contributed by atoms with van der Waals surface area (Å²) in [6.45, 7) is 3.33. The quantitative estimate of drug-likeness (QED) is 0.684. The second-order valence-corrected chi connectivity index (χ2v) is 8.24. The van der Waals surface area contributed by atoms with E-state index in [1.165, 1.54) is 11.1 Å². The number of anilines is 1. The van der Waals surface area contributed by atoms with Gasteiger partial charge in [-0.2, -0.15) is 0 Å². The van der Waals surface area contributed by atoms with E-state index in [1.54, 1.807) is 36.5 Å². The number of hydrazine groups is 2. The van der Waals surface area contributed by atoms with Gasteiger partial charge in [0.15, 0.2) is 0 Å². The number of fused-ring (bicyclic) bond motifs is 3. The van der Waals surface area contributed by atoms with Gasteiger partial charge in [-0.05, 0) is 37.4 Å². The average molecular weight is 477 g/mol. The number of benzene rings is 2. The summed E-state index contributed by atoms with van der Waals surface area (Å²) < 4.78 is 14.6. The number of urea groups is 1. The molecular formula is C22H23Cl2FN6O. The largest absolute Gasteiger partial charge is 0.340 e. The predicted octanol–water partition coefficient (Wildman–Crippen LogP) is 3.50. The van der Waals surface area contributed by atoms with Crippen molar-refractivity contribution in [3.8, 4) is 0 Å². The molecule has 2 aromatic carbocycles. The minimum Gasteiger partial charge on any atom is -0.321 e. The van der Waals surface area contributed by atoms with Crippen molar-refractivity contribution in [2.45, 2.75) is 0 Å². The Kier molecular flexibility index (Phi) is 6.39. The predicted molar refractivity (Wildman–Crippen MR) is 126 cm³/mol. The van der Waals surface area contributed by atoms with E-state index in [2.05, 4.69) is 17.5 Å². The van der Waals surface area contributed by atoms with Crippen LogP contribution < -0.4 is 10.5 Å². The third kappa shape index (κ3) is 4.06. The van der Waals surface area contributed by atoms with Crippen LogP contribution in [0, 0.1) is 5.82 Å². The number of halogens is 3. The molecule has 0 atom stereocenters. The number of likely N-dealkylation sites (N-methyl/N-ethyl adjacent to an activating group) is 1. The van der Waals surface area contributed by atoms with Crippen molar-refractivity contribution in [2.75, 3.05) is 44.8 Å². The van der Waals surface area contributed by atoms with E-state index < -0.39 is 0 Å². The van der Waals surface area contributed by atoms with Crippen LogP contribution in [0.1, 0.15) is 11.1 Å². The highest BCUT2D eigenvalue weighted by Gasteiger charge is 2.33. The van der Waals surface area contributed by atoms with Crippen molar-refractivity contribution in [3.63, 3.8) is 0 Å². The number of aliphatic imine (C=N–C) groups is 1. The first kappa shape index (κ1) is 22.5. The lowest BCUT2D eigenvalue weighted by Gasteiger charge is -2.34. The Labute approximate surface area is 197 Å². The minimum absolute atomic E-state index is 0. The molecule has 168 valence electrons. The summed E-state index contributed by atoms with van der Waals surface area (Å²) in [5.74, 6) is -0.344. The number of hydrogen-bond donors (Lipinski definition) is 1. The molecule has 1 N–H and O–H groups in total. The summed E-state index contributed by atoms with van der Waals surface area (Å²) in [6, 6.07) is 11.9. The maximum atomic E-state index is 14.6. The van der Waals surface area contributed by atoms with Crippen molar-refractivity contribution in [2.24, 2.45) is 4.99 Å². The Balaban J connectivity index is 0.00000245. The van der Waals surface area contributed by atoms with E-state index in [1.807, 2.05) is 16.0 Å². The monoisotopic (exact) mass is 476 g/mol. The minimum atomic E-state index is -0.344. The maximum Gasteiger partial charge on any atom is 0.340 e. The summed E-state index contributed by atoms with van der Waals surface area (Å²) in [4.78, 5) is 21.8. The molecule has 3 aliphatic heterocycles. The number of carbonyl (C=O) groups is 1.